The minimum Gasteiger partial charge on any atom is -0.493 e. The summed E-state index contributed by atoms with van der Waals surface area (Å²) in [5.74, 6) is 1.14. The first-order valence-corrected chi connectivity index (χ1v) is 9.96. The maximum atomic E-state index is 12.8. The van der Waals surface area contributed by atoms with Crippen molar-refractivity contribution < 1.29 is 18.7 Å². The van der Waals surface area contributed by atoms with Crippen LogP contribution in [0.3, 0.4) is 0 Å². The van der Waals surface area contributed by atoms with Crippen LogP contribution in [0.25, 0.3) is 0 Å². The molecule has 2 aromatic carbocycles. The van der Waals surface area contributed by atoms with Crippen LogP contribution in [0.1, 0.15) is 35.4 Å². The molecule has 3 aromatic rings. The third-order valence-electron chi connectivity index (χ3n) is 5.08. The minimum absolute atomic E-state index is 0.210. The number of hydrogen-bond acceptors (Lipinski definition) is 6. The summed E-state index contributed by atoms with van der Waals surface area (Å²) < 4.78 is 16.1. The van der Waals surface area contributed by atoms with Crippen LogP contribution in [0.2, 0.25) is 0 Å². The van der Waals surface area contributed by atoms with E-state index in [1.54, 1.807) is 26.4 Å². The van der Waals surface area contributed by atoms with Gasteiger partial charge in [-0.05, 0) is 48.4 Å². The van der Waals surface area contributed by atoms with Crippen LogP contribution in [0.15, 0.2) is 75.3 Å². The number of amidine groups is 1. The van der Waals surface area contributed by atoms with E-state index in [1.807, 2.05) is 49.4 Å². The maximum Gasteiger partial charge on any atom is 0.292 e. The molecular weight excluding hydrogens is 394 g/mol. The molecule has 1 unspecified atom stereocenters. The number of ether oxygens (including phenoxy) is 2. The Morgan fingerprint density at radius 2 is 1.74 bits per heavy atom. The van der Waals surface area contributed by atoms with E-state index in [0.29, 0.717) is 29.4 Å². The summed E-state index contributed by atoms with van der Waals surface area (Å²) in [6.45, 7) is 2.03. The van der Waals surface area contributed by atoms with E-state index in [1.165, 1.54) is 6.26 Å². The molecule has 1 aliphatic rings. The van der Waals surface area contributed by atoms with E-state index >= 15 is 0 Å². The first-order chi connectivity index (χ1) is 15.1. The number of aliphatic imine (C=N–C) groups is 2. The molecule has 158 valence electrons. The number of amides is 1. The zero-order valence-corrected chi connectivity index (χ0v) is 17.6. The molecule has 1 amide bonds. The zero-order valence-electron chi connectivity index (χ0n) is 17.6. The lowest BCUT2D eigenvalue weighted by Crippen LogP contribution is -2.37. The monoisotopic (exact) mass is 417 g/mol. The van der Waals surface area contributed by atoms with E-state index in [0.717, 1.165) is 17.0 Å². The standard InChI is InChI=1S/C24H23N3O4/c1-4-16-22(15-11-12-19(29-2)21(14-15)30-3)23(27-24(28)20-10-7-13-31-20)26-18-9-6-5-8-17(18)25-16/h5-14,22H,4H2,1-3H3,(H,26,27,28). The third-order valence-corrected chi connectivity index (χ3v) is 5.08. The Morgan fingerprint density at radius 3 is 2.39 bits per heavy atom. The van der Waals surface area contributed by atoms with Crippen LogP contribution >= 0.6 is 0 Å². The van der Waals surface area contributed by atoms with Crippen LogP contribution in [-0.4, -0.2) is 31.7 Å². The molecular formula is C24H23N3O4. The largest absolute Gasteiger partial charge is 0.493 e. The van der Waals surface area contributed by atoms with Crippen LogP contribution in [0.4, 0.5) is 11.4 Å². The van der Waals surface area contributed by atoms with Gasteiger partial charge in [-0.2, -0.15) is 0 Å². The van der Waals surface area contributed by atoms with Crippen molar-refractivity contribution in [3.05, 3.63) is 72.2 Å². The number of para-hydroxylation sites is 2. The van der Waals surface area contributed by atoms with Crippen LogP contribution in [0.5, 0.6) is 11.5 Å². The molecule has 1 aromatic heterocycles. The zero-order chi connectivity index (χ0) is 21.8. The lowest BCUT2D eigenvalue weighted by Gasteiger charge is -2.21. The fraction of sp³-hybridized carbons (Fsp3) is 0.208. The summed E-state index contributed by atoms with van der Waals surface area (Å²) in [5, 5.41) is 2.95. The highest BCUT2D eigenvalue weighted by molar-refractivity contribution is 6.19. The van der Waals surface area contributed by atoms with Gasteiger partial charge in [0.15, 0.2) is 17.3 Å². The number of carbonyl (C=O) groups is 1. The number of methoxy groups -OCH3 is 2. The van der Waals surface area contributed by atoms with E-state index in [4.69, 9.17) is 23.9 Å². The average Bonchev–Trinajstić information content (AvgIpc) is 3.29. The molecule has 1 aliphatic heterocycles. The quantitative estimate of drug-likeness (QED) is 0.630. The molecule has 0 fully saturated rings. The van der Waals surface area contributed by atoms with Crippen LogP contribution < -0.4 is 14.8 Å². The van der Waals surface area contributed by atoms with Crippen molar-refractivity contribution in [2.45, 2.75) is 19.3 Å². The summed E-state index contributed by atoms with van der Waals surface area (Å²) in [7, 11) is 3.18. The molecule has 1 N–H and O–H groups in total. The fourth-order valence-electron chi connectivity index (χ4n) is 3.58. The number of benzene rings is 2. The van der Waals surface area contributed by atoms with Gasteiger partial charge in [-0.1, -0.05) is 25.1 Å². The molecule has 1 atom stereocenters. The van der Waals surface area contributed by atoms with Gasteiger partial charge in [0.25, 0.3) is 5.91 Å². The topological polar surface area (TPSA) is 85.4 Å². The smallest absolute Gasteiger partial charge is 0.292 e. The summed E-state index contributed by atoms with van der Waals surface area (Å²) in [6, 6.07) is 16.5. The van der Waals surface area contributed by atoms with Crippen molar-refractivity contribution in [3.8, 4) is 11.5 Å². The number of hydrogen-bond donors (Lipinski definition) is 1. The van der Waals surface area contributed by atoms with Crippen molar-refractivity contribution in [3.63, 3.8) is 0 Å². The first-order valence-electron chi connectivity index (χ1n) is 9.96. The Bertz CT molecular complexity index is 1150. The van der Waals surface area contributed by atoms with Gasteiger partial charge in [-0.3, -0.25) is 9.79 Å². The van der Waals surface area contributed by atoms with Gasteiger partial charge in [-0.25, -0.2) is 4.99 Å². The maximum absolute atomic E-state index is 12.8. The van der Waals surface area contributed by atoms with E-state index in [-0.39, 0.29) is 17.6 Å². The molecule has 31 heavy (non-hydrogen) atoms. The molecule has 0 saturated carbocycles. The van der Waals surface area contributed by atoms with Gasteiger partial charge in [0.1, 0.15) is 5.84 Å². The number of fused-ring (bicyclic) bond motifs is 1. The third kappa shape index (κ3) is 4.07. The van der Waals surface area contributed by atoms with E-state index in [9.17, 15) is 4.79 Å². The lowest BCUT2D eigenvalue weighted by molar-refractivity contribution is 0.0949. The van der Waals surface area contributed by atoms with E-state index in [2.05, 4.69) is 5.32 Å². The molecule has 0 saturated heterocycles. The predicted molar refractivity (Wildman–Crippen MR) is 119 cm³/mol. The predicted octanol–water partition coefficient (Wildman–Crippen LogP) is 5.04. The SMILES string of the molecule is CCC1=Nc2ccccc2N=C(NC(=O)c2ccco2)C1c1ccc(OC)c(OC)c1. The molecule has 4 rings (SSSR count). The van der Waals surface area contributed by atoms with E-state index < -0.39 is 0 Å². The van der Waals surface area contributed by atoms with Crippen LogP contribution in [0, 0.1) is 0 Å². The normalized spacial score (nSPS) is 15.3. The van der Waals surface area contributed by atoms with Gasteiger partial charge in [0.2, 0.25) is 0 Å². The Hall–Kier alpha value is -3.87. The van der Waals surface area contributed by atoms with Crippen molar-refractivity contribution >= 4 is 28.8 Å². The van der Waals surface area contributed by atoms with Gasteiger partial charge >= 0.3 is 0 Å². The highest BCUT2D eigenvalue weighted by atomic mass is 16.5. The van der Waals surface area contributed by atoms with Gasteiger partial charge < -0.3 is 19.2 Å². The van der Waals surface area contributed by atoms with Crippen molar-refractivity contribution in [1.29, 1.82) is 0 Å². The Kier molecular flexibility index (Phi) is 5.84. The Morgan fingerprint density at radius 1 is 1.00 bits per heavy atom. The highest BCUT2D eigenvalue weighted by Gasteiger charge is 2.29. The highest BCUT2D eigenvalue weighted by Crippen LogP contribution is 2.37. The number of nitrogens with zero attached hydrogens (tertiary/aromatic N) is 2. The fourth-order valence-corrected chi connectivity index (χ4v) is 3.58. The number of carbonyl (C=O) groups excluding carboxylic acids is 1. The Labute approximate surface area is 180 Å². The summed E-state index contributed by atoms with van der Waals surface area (Å²) in [5.41, 5.74) is 3.19. The van der Waals surface area contributed by atoms with Gasteiger partial charge in [0, 0.05) is 5.71 Å². The molecule has 7 heteroatoms. The molecule has 0 radical (unpaired) electrons. The van der Waals surface area contributed by atoms with Crippen molar-refractivity contribution in [2.24, 2.45) is 9.98 Å². The summed E-state index contributed by atoms with van der Waals surface area (Å²) in [4.78, 5) is 22.5. The second-order valence-corrected chi connectivity index (χ2v) is 6.92. The summed E-state index contributed by atoms with van der Waals surface area (Å²) >= 11 is 0. The van der Waals surface area contributed by atoms with Crippen molar-refractivity contribution in [1.82, 2.24) is 5.32 Å². The Balaban J connectivity index is 1.85. The second kappa shape index (κ2) is 8.87. The molecule has 2 heterocycles. The molecule has 7 nitrogen and oxygen atoms in total. The minimum atomic E-state index is -0.379. The summed E-state index contributed by atoms with van der Waals surface area (Å²) in [6.07, 6.45) is 2.13. The molecule has 0 aliphatic carbocycles. The second-order valence-electron chi connectivity index (χ2n) is 6.92. The molecule has 0 bridgehead atoms. The van der Waals surface area contributed by atoms with Crippen LogP contribution in [-0.2, 0) is 0 Å². The first kappa shape index (κ1) is 20.4. The average molecular weight is 417 g/mol. The number of rotatable bonds is 5. The van der Waals surface area contributed by atoms with Crippen molar-refractivity contribution in [2.75, 3.05) is 14.2 Å². The number of nitrogens with one attached hydrogen (secondary N) is 1. The lowest BCUT2D eigenvalue weighted by atomic mass is 9.90. The molecule has 0 spiro atoms. The number of furan rings is 1. The van der Waals surface area contributed by atoms with Gasteiger partial charge in [-0.15, -0.1) is 0 Å². The van der Waals surface area contributed by atoms with Gasteiger partial charge in [0.05, 0.1) is 37.8 Å².